The molecule has 0 spiro atoms. The van der Waals surface area contributed by atoms with Crippen LogP contribution in [-0.4, -0.2) is 31.5 Å². The molecule has 0 aromatic heterocycles. The second kappa shape index (κ2) is 8.77. The van der Waals surface area contributed by atoms with E-state index in [2.05, 4.69) is 33.1 Å². The first kappa shape index (κ1) is 19.7. The molecule has 0 saturated heterocycles. The van der Waals surface area contributed by atoms with Gasteiger partial charge in [0, 0.05) is 13.1 Å². The molecule has 2 aromatic carbocycles. The number of hydrogen-bond acceptors (Lipinski definition) is 2. The number of fused-ring (bicyclic) bond motifs is 1. The summed E-state index contributed by atoms with van der Waals surface area (Å²) in [6, 6.07) is 10.2. The predicted octanol–water partition coefficient (Wildman–Crippen LogP) is 2.76. The number of rotatable bonds is 4. The van der Waals surface area contributed by atoms with E-state index in [9.17, 15) is 18.0 Å². The van der Waals surface area contributed by atoms with Crippen LogP contribution in [0.15, 0.2) is 41.4 Å². The van der Waals surface area contributed by atoms with Crippen LogP contribution in [0, 0.1) is 17.5 Å². The van der Waals surface area contributed by atoms with E-state index >= 15 is 0 Å². The Kier molecular flexibility index (Phi) is 6.18. The Balaban J connectivity index is 1.52. The zero-order valence-corrected chi connectivity index (χ0v) is 15.4. The minimum atomic E-state index is -1.62. The quantitative estimate of drug-likeness (QED) is 0.427. The van der Waals surface area contributed by atoms with Crippen LogP contribution >= 0.6 is 0 Å². The maximum Gasteiger partial charge on any atom is 0.243 e. The molecule has 1 aliphatic rings. The minimum Gasteiger partial charge on any atom is -0.353 e. The molecule has 2 aromatic rings. The lowest BCUT2D eigenvalue weighted by Crippen LogP contribution is -2.47. The Morgan fingerprint density at radius 3 is 2.61 bits per heavy atom. The van der Waals surface area contributed by atoms with Crippen LogP contribution in [0.3, 0.4) is 0 Å². The third kappa shape index (κ3) is 4.62. The van der Waals surface area contributed by atoms with Gasteiger partial charge in [-0.15, -0.1) is 0 Å². The number of nitrogens with one attached hydrogen (secondary N) is 3. The fraction of sp³-hybridized carbons (Fsp3) is 0.300. The van der Waals surface area contributed by atoms with Crippen molar-refractivity contribution in [2.75, 3.05) is 18.9 Å². The Hall–Kier alpha value is -3.03. The summed E-state index contributed by atoms with van der Waals surface area (Å²) in [5, 5.41) is 8.32. The minimum absolute atomic E-state index is 0.174. The molecule has 0 bridgehead atoms. The van der Waals surface area contributed by atoms with Gasteiger partial charge in [-0.2, -0.15) is 0 Å². The number of carbonyl (C=O) groups excluding carboxylic acids is 1. The van der Waals surface area contributed by atoms with Crippen molar-refractivity contribution in [3.63, 3.8) is 0 Å². The van der Waals surface area contributed by atoms with E-state index in [1.165, 1.54) is 11.1 Å². The number of nitrogens with zero attached hydrogens (tertiary/aromatic N) is 1. The van der Waals surface area contributed by atoms with Gasteiger partial charge in [0.25, 0.3) is 0 Å². The summed E-state index contributed by atoms with van der Waals surface area (Å²) >= 11 is 0. The zero-order chi connectivity index (χ0) is 20.1. The fourth-order valence-corrected chi connectivity index (χ4v) is 3.19. The first-order valence-corrected chi connectivity index (χ1v) is 8.95. The third-order valence-corrected chi connectivity index (χ3v) is 4.64. The lowest BCUT2D eigenvalue weighted by molar-refractivity contribution is -0.115. The molecule has 8 heteroatoms. The maximum absolute atomic E-state index is 13.6. The summed E-state index contributed by atoms with van der Waals surface area (Å²) in [7, 11) is 1.58. The number of carbonyl (C=O) groups is 1. The standard InChI is InChI=1S/C20H21F3N4O/c1-24-20(26-14-7-6-12-4-2-3-5-13(12)10-14)25-11-17(28)27-16-9-8-15(21)18(22)19(16)23/h2-5,8-9,14H,6-7,10-11H2,1H3,(H,27,28)(H2,24,25,26). The van der Waals surface area contributed by atoms with Gasteiger partial charge in [0.2, 0.25) is 5.91 Å². The summed E-state index contributed by atoms with van der Waals surface area (Å²) in [6.07, 6.45) is 2.74. The average molecular weight is 390 g/mol. The van der Waals surface area contributed by atoms with Crippen LogP contribution in [-0.2, 0) is 17.6 Å². The van der Waals surface area contributed by atoms with Gasteiger partial charge in [-0.05, 0) is 42.5 Å². The van der Waals surface area contributed by atoms with E-state index in [4.69, 9.17) is 0 Å². The molecule has 148 valence electrons. The van der Waals surface area contributed by atoms with E-state index in [1.807, 2.05) is 12.1 Å². The maximum atomic E-state index is 13.6. The van der Waals surface area contributed by atoms with Gasteiger partial charge in [0.15, 0.2) is 23.4 Å². The van der Waals surface area contributed by atoms with E-state index in [0.29, 0.717) is 5.96 Å². The Morgan fingerprint density at radius 1 is 1.11 bits per heavy atom. The summed E-state index contributed by atoms with van der Waals surface area (Å²) < 4.78 is 39.8. The zero-order valence-electron chi connectivity index (χ0n) is 15.4. The highest BCUT2D eigenvalue weighted by atomic mass is 19.2. The lowest BCUT2D eigenvalue weighted by atomic mass is 9.88. The van der Waals surface area contributed by atoms with Gasteiger partial charge in [-0.3, -0.25) is 9.79 Å². The fourth-order valence-electron chi connectivity index (χ4n) is 3.19. The normalized spacial score (nSPS) is 16.3. The van der Waals surface area contributed by atoms with Crippen molar-refractivity contribution < 1.29 is 18.0 Å². The molecular weight excluding hydrogens is 369 g/mol. The summed E-state index contributed by atoms with van der Waals surface area (Å²) in [5.41, 5.74) is 2.21. The molecule has 1 amide bonds. The number of hydrogen-bond donors (Lipinski definition) is 3. The average Bonchev–Trinajstić information content (AvgIpc) is 2.71. The molecule has 1 atom stereocenters. The molecular formula is C20H21F3N4O. The Morgan fingerprint density at radius 2 is 1.86 bits per heavy atom. The van der Waals surface area contributed by atoms with Crippen molar-refractivity contribution in [2.45, 2.75) is 25.3 Å². The highest BCUT2D eigenvalue weighted by Crippen LogP contribution is 2.21. The summed E-state index contributed by atoms with van der Waals surface area (Å²) in [5.74, 6) is -4.54. The van der Waals surface area contributed by atoms with Crippen LogP contribution in [0.25, 0.3) is 0 Å². The van der Waals surface area contributed by atoms with E-state index in [0.717, 1.165) is 31.4 Å². The number of benzene rings is 2. The third-order valence-electron chi connectivity index (χ3n) is 4.64. The molecule has 3 rings (SSSR count). The molecule has 5 nitrogen and oxygen atoms in total. The SMILES string of the molecule is CN=C(NCC(=O)Nc1ccc(F)c(F)c1F)NC1CCc2ccccc2C1. The molecule has 0 heterocycles. The second-order valence-corrected chi connectivity index (χ2v) is 6.55. The van der Waals surface area contributed by atoms with Gasteiger partial charge in [-0.25, -0.2) is 13.2 Å². The van der Waals surface area contributed by atoms with Crippen molar-refractivity contribution in [2.24, 2.45) is 4.99 Å². The molecule has 0 aliphatic heterocycles. The summed E-state index contributed by atoms with van der Waals surface area (Å²) in [6.45, 7) is -0.207. The number of anilines is 1. The first-order chi connectivity index (χ1) is 13.5. The number of aryl methyl sites for hydroxylation is 1. The molecule has 0 radical (unpaired) electrons. The highest BCUT2D eigenvalue weighted by molar-refractivity contribution is 5.95. The molecule has 1 unspecified atom stereocenters. The van der Waals surface area contributed by atoms with E-state index < -0.39 is 29.0 Å². The molecule has 0 saturated carbocycles. The van der Waals surface area contributed by atoms with Gasteiger partial charge >= 0.3 is 0 Å². The molecule has 0 fully saturated rings. The number of amides is 1. The largest absolute Gasteiger partial charge is 0.353 e. The smallest absolute Gasteiger partial charge is 0.243 e. The number of guanidine groups is 1. The van der Waals surface area contributed by atoms with Crippen LogP contribution in [0.5, 0.6) is 0 Å². The first-order valence-electron chi connectivity index (χ1n) is 8.95. The molecule has 3 N–H and O–H groups in total. The second-order valence-electron chi connectivity index (χ2n) is 6.55. The topological polar surface area (TPSA) is 65.5 Å². The molecule has 1 aliphatic carbocycles. The lowest BCUT2D eigenvalue weighted by Gasteiger charge is -2.27. The van der Waals surface area contributed by atoms with Crippen molar-refractivity contribution in [3.05, 3.63) is 65.0 Å². The summed E-state index contributed by atoms with van der Waals surface area (Å²) in [4.78, 5) is 16.1. The molecule has 28 heavy (non-hydrogen) atoms. The van der Waals surface area contributed by atoms with Crippen LogP contribution in [0.1, 0.15) is 17.5 Å². The Labute approximate surface area is 161 Å². The van der Waals surface area contributed by atoms with Gasteiger partial charge in [-0.1, -0.05) is 24.3 Å². The van der Waals surface area contributed by atoms with Crippen LogP contribution in [0.4, 0.5) is 18.9 Å². The van der Waals surface area contributed by atoms with Crippen molar-refractivity contribution in [1.82, 2.24) is 10.6 Å². The van der Waals surface area contributed by atoms with Crippen molar-refractivity contribution in [3.8, 4) is 0 Å². The van der Waals surface area contributed by atoms with Crippen LogP contribution in [0.2, 0.25) is 0 Å². The number of halogens is 3. The van der Waals surface area contributed by atoms with Gasteiger partial charge in [0.05, 0.1) is 12.2 Å². The van der Waals surface area contributed by atoms with Gasteiger partial charge in [0.1, 0.15) is 0 Å². The van der Waals surface area contributed by atoms with E-state index in [1.54, 1.807) is 7.05 Å². The monoisotopic (exact) mass is 390 g/mol. The predicted molar refractivity (Wildman–Crippen MR) is 102 cm³/mol. The van der Waals surface area contributed by atoms with Crippen LogP contribution < -0.4 is 16.0 Å². The van der Waals surface area contributed by atoms with Crippen molar-refractivity contribution in [1.29, 1.82) is 0 Å². The van der Waals surface area contributed by atoms with Gasteiger partial charge < -0.3 is 16.0 Å². The number of aliphatic imine (C=N–C) groups is 1. The van der Waals surface area contributed by atoms with E-state index in [-0.39, 0.29) is 12.6 Å². The highest BCUT2D eigenvalue weighted by Gasteiger charge is 2.19. The van der Waals surface area contributed by atoms with Crippen molar-refractivity contribution >= 4 is 17.6 Å². The Bertz CT molecular complexity index is 901.